The number of nitrogens with zero attached hydrogens (tertiary/aromatic N) is 2. The van der Waals surface area contributed by atoms with Gasteiger partial charge >= 0.3 is 0 Å². The van der Waals surface area contributed by atoms with Crippen molar-refractivity contribution in [2.24, 2.45) is 5.10 Å². The van der Waals surface area contributed by atoms with Crippen molar-refractivity contribution in [2.75, 3.05) is 12.5 Å². The van der Waals surface area contributed by atoms with Crippen LogP contribution in [0.3, 0.4) is 0 Å². The molecule has 0 spiro atoms. The van der Waals surface area contributed by atoms with Crippen molar-refractivity contribution in [2.45, 2.75) is 13.8 Å². The summed E-state index contributed by atoms with van der Waals surface area (Å²) in [5.41, 5.74) is 4.49. The van der Waals surface area contributed by atoms with Crippen molar-refractivity contribution in [1.82, 2.24) is 9.97 Å². The average Bonchev–Trinajstić information content (AvgIpc) is 2.43. The Balaban J connectivity index is 2.29. The maximum atomic E-state index is 11.3. The molecule has 1 heterocycles. The summed E-state index contributed by atoms with van der Waals surface area (Å²) in [5, 5.41) is 4.78. The fraction of sp³-hybridized carbons (Fsp3) is 0.214. The minimum Gasteiger partial charge on any atom is -0.496 e. The van der Waals surface area contributed by atoms with E-state index in [1.54, 1.807) is 39.2 Å². The summed E-state index contributed by atoms with van der Waals surface area (Å²) >= 11 is 5.99. The molecule has 2 N–H and O–H groups in total. The van der Waals surface area contributed by atoms with Crippen LogP contribution in [0.1, 0.15) is 18.2 Å². The number of halogens is 1. The lowest BCUT2D eigenvalue weighted by Crippen LogP contribution is -2.11. The molecule has 1 aromatic heterocycles. The van der Waals surface area contributed by atoms with Gasteiger partial charge < -0.3 is 4.74 Å². The van der Waals surface area contributed by atoms with Gasteiger partial charge in [-0.15, -0.1) is 0 Å². The number of ether oxygens (including phenoxy) is 1. The standard InChI is InChI=1S/C14H15ClN4O2/c1-8-6-13(20)17-14(16-8)19-18-9(2)11-7-10(15)4-5-12(11)21-3/h4-7H,1-3H3,(H2,16,17,19,20)/b18-9-. The molecule has 21 heavy (non-hydrogen) atoms. The van der Waals surface area contributed by atoms with Crippen molar-refractivity contribution in [3.63, 3.8) is 0 Å². The Morgan fingerprint density at radius 3 is 2.86 bits per heavy atom. The lowest BCUT2D eigenvalue weighted by Gasteiger charge is -2.09. The Bertz CT molecular complexity index is 740. The zero-order chi connectivity index (χ0) is 15.4. The van der Waals surface area contributed by atoms with E-state index in [4.69, 9.17) is 16.3 Å². The molecule has 0 saturated heterocycles. The molecule has 110 valence electrons. The number of nitrogens with one attached hydrogen (secondary N) is 2. The molecule has 0 saturated carbocycles. The van der Waals surface area contributed by atoms with E-state index in [0.29, 0.717) is 22.2 Å². The molecule has 6 nitrogen and oxygen atoms in total. The zero-order valence-electron chi connectivity index (χ0n) is 11.9. The van der Waals surface area contributed by atoms with Gasteiger partial charge in [0.05, 0.1) is 12.8 Å². The maximum absolute atomic E-state index is 11.3. The van der Waals surface area contributed by atoms with E-state index in [2.05, 4.69) is 20.5 Å². The third-order valence-electron chi connectivity index (χ3n) is 2.75. The largest absolute Gasteiger partial charge is 0.496 e. The molecule has 0 aliphatic carbocycles. The van der Waals surface area contributed by atoms with Gasteiger partial charge in [-0.05, 0) is 32.0 Å². The van der Waals surface area contributed by atoms with Gasteiger partial charge in [0.1, 0.15) is 5.75 Å². The number of aryl methyl sites for hydroxylation is 1. The molecule has 0 unspecified atom stereocenters. The van der Waals surface area contributed by atoms with Gasteiger partial charge in [-0.1, -0.05) is 11.6 Å². The highest BCUT2D eigenvalue weighted by Crippen LogP contribution is 2.23. The first-order valence-electron chi connectivity index (χ1n) is 6.22. The topological polar surface area (TPSA) is 79.4 Å². The number of H-pyrrole nitrogens is 1. The normalized spacial score (nSPS) is 11.3. The smallest absolute Gasteiger partial charge is 0.252 e. The summed E-state index contributed by atoms with van der Waals surface area (Å²) in [5.74, 6) is 0.938. The van der Waals surface area contributed by atoms with Crippen molar-refractivity contribution in [1.29, 1.82) is 0 Å². The number of hydrogen-bond acceptors (Lipinski definition) is 5. The summed E-state index contributed by atoms with van der Waals surface area (Å²) in [6.45, 7) is 3.53. The summed E-state index contributed by atoms with van der Waals surface area (Å²) in [7, 11) is 1.58. The predicted octanol–water partition coefficient (Wildman–Crippen LogP) is 2.58. The second-order valence-corrected chi connectivity index (χ2v) is 4.83. The number of methoxy groups -OCH3 is 1. The Hall–Kier alpha value is -2.34. The van der Waals surface area contributed by atoms with E-state index < -0.39 is 0 Å². The third-order valence-corrected chi connectivity index (χ3v) is 2.99. The SMILES string of the molecule is COc1ccc(Cl)cc1/C(C)=N\Nc1nc(C)cc(=O)[nH]1. The second-order valence-electron chi connectivity index (χ2n) is 4.39. The van der Waals surface area contributed by atoms with Gasteiger partial charge in [0, 0.05) is 22.3 Å². The molecule has 0 radical (unpaired) electrons. The molecule has 2 aromatic rings. The summed E-state index contributed by atoms with van der Waals surface area (Å²) in [6.07, 6.45) is 0. The van der Waals surface area contributed by atoms with Gasteiger partial charge in [-0.25, -0.2) is 10.4 Å². The number of hydrogen-bond donors (Lipinski definition) is 2. The Morgan fingerprint density at radius 1 is 1.43 bits per heavy atom. The van der Waals surface area contributed by atoms with Crippen molar-refractivity contribution in [3.05, 3.63) is 50.9 Å². The van der Waals surface area contributed by atoms with Crippen molar-refractivity contribution >= 4 is 23.3 Å². The van der Waals surface area contributed by atoms with Gasteiger partial charge in [-0.3, -0.25) is 9.78 Å². The highest BCUT2D eigenvalue weighted by Gasteiger charge is 2.07. The minimum absolute atomic E-state index is 0.238. The van der Waals surface area contributed by atoms with Crippen LogP contribution in [0.5, 0.6) is 5.75 Å². The van der Waals surface area contributed by atoms with Crippen LogP contribution in [0.15, 0.2) is 34.2 Å². The van der Waals surface area contributed by atoms with Crippen LogP contribution in [0.4, 0.5) is 5.95 Å². The van der Waals surface area contributed by atoms with E-state index in [9.17, 15) is 4.79 Å². The molecule has 0 amide bonds. The predicted molar refractivity (Wildman–Crippen MR) is 83.4 cm³/mol. The summed E-state index contributed by atoms with van der Waals surface area (Å²) in [4.78, 5) is 18.0. The molecule has 7 heteroatoms. The number of benzene rings is 1. The highest BCUT2D eigenvalue weighted by molar-refractivity contribution is 6.31. The molecule has 0 atom stereocenters. The quantitative estimate of drug-likeness (QED) is 0.672. The molecule has 0 fully saturated rings. The van der Waals surface area contributed by atoms with Gasteiger partial charge in [0.15, 0.2) is 0 Å². The van der Waals surface area contributed by atoms with Crippen LogP contribution >= 0.6 is 11.6 Å². The van der Waals surface area contributed by atoms with Gasteiger partial charge in [-0.2, -0.15) is 5.10 Å². The van der Waals surface area contributed by atoms with Crippen LogP contribution in [-0.4, -0.2) is 22.8 Å². The van der Waals surface area contributed by atoms with Gasteiger partial charge in [0.2, 0.25) is 5.95 Å². The van der Waals surface area contributed by atoms with E-state index in [1.807, 2.05) is 0 Å². The maximum Gasteiger partial charge on any atom is 0.252 e. The van der Waals surface area contributed by atoms with Crippen molar-refractivity contribution in [3.8, 4) is 5.75 Å². The first-order chi connectivity index (χ1) is 9.99. The molecule has 0 bridgehead atoms. The molecule has 1 aromatic carbocycles. The average molecular weight is 307 g/mol. The molecule has 0 aliphatic rings. The van der Waals surface area contributed by atoms with Crippen LogP contribution < -0.4 is 15.7 Å². The Morgan fingerprint density at radius 2 is 2.19 bits per heavy atom. The molecule has 2 rings (SSSR count). The zero-order valence-corrected chi connectivity index (χ0v) is 12.7. The van der Waals surface area contributed by atoms with E-state index in [0.717, 1.165) is 5.56 Å². The summed E-state index contributed by atoms with van der Waals surface area (Å²) < 4.78 is 5.27. The van der Waals surface area contributed by atoms with Crippen LogP contribution in [0.2, 0.25) is 5.02 Å². The molecular formula is C14H15ClN4O2. The molecular weight excluding hydrogens is 292 g/mol. The second kappa shape index (κ2) is 6.41. The first kappa shape index (κ1) is 15.1. The minimum atomic E-state index is -0.238. The van der Waals surface area contributed by atoms with Crippen molar-refractivity contribution < 1.29 is 4.74 Å². The van der Waals surface area contributed by atoms with E-state index in [-0.39, 0.29) is 11.5 Å². The molecule has 0 aliphatic heterocycles. The van der Waals surface area contributed by atoms with E-state index in [1.165, 1.54) is 6.07 Å². The number of anilines is 1. The number of aromatic nitrogens is 2. The Kier molecular flexibility index (Phi) is 4.59. The third kappa shape index (κ3) is 3.82. The van der Waals surface area contributed by atoms with E-state index >= 15 is 0 Å². The van der Waals surface area contributed by atoms with Crippen LogP contribution in [0.25, 0.3) is 0 Å². The van der Waals surface area contributed by atoms with Crippen LogP contribution in [0, 0.1) is 6.92 Å². The lowest BCUT2D eigenvalue weighted by atomic mass is 10.1. The fourth-order valence-electron chi connectivity index (χ4n) is 1.79. The van der Waals surface area contributed by atoms with Crippen LogP contribution in [-0.2, 0) is 0 Å². The Labute approximate surface area is 126 Å². The fourth-order valence-corrected chi connectivity index (χ4v) is 1.96. The van der Waals surface area contributed by atoms with Gasteiger partial charge in [0.25, 0.3) is 5.56 Å². The number of hydrazone groups is 1. The monoisotopic (exact) mass is 306 g/mol. The number of rotatable bonds is 4. The lowest BCUT2D eigenvalue weighted by molar-refractivity contribution is 0.414. The highest BCUT2D eigenvalue weighted by atomic mass is 35.5. The summed E-state index contributed by atoms with van der Waals surface area (Å²) in [6, 6.07) is 6.67. The first-order valence-corrected chi connectivity index (χ1v) is 6.59. The number of aromatic amines is 1.